The summed E-state index contributed by atoms with van der Waals surface area (Å²) in [6.45, 7) is 2.10. The number of carbonyl (C=O) groups is 3. The molecule has 11 heteroatoms. The van der Waals surface area contributed by atoms with Crippen molar-refractivity contribution in [3.05, 3.63) is 103 Å². The third kappa shape index (κ3) is 6.71. The van der Waals surface area contributed by atoms with Gasteiger partial charge in [-0.1, -0.05) is 54.1 Å². The van der Waals surface area contributed by atoms with E-state index >= 15 is 0 Å². The van der Waals surface area contributed by atoms with Crippen LogP contribution in [0.5, 0.6) is 11.5 Å². The molecule has 1 saturated heterocycles. The minimum absolute atomic E-state index is 0.159. The molecule has 0 radical (unpaired) electrons. The normalized spacial score (nSPS) is 14.1. The molecule has 1 aliphatic heterocycles. The quantitative estimate of drug-likeness (QED) is 0.140. The van der Waals surface area contributed by atoms with Crippen molar-refractivity contribution < 1.29 is 28.2 Å². The lowest BCUT2D eigenvalue weighted by Gasteiger charge is -2.16. The van der Waals surface area contributed by atoms with E-state index in [-0.39, 0.29) is 15.6 Å². The number of benzene rings is 4. The highest BCUT2D eigenvalue weighted by molar-refractivity contribution is 14.1. The van der Waals surface area contributed by atoms with Crippen LogP contribution in [0.15, 0.2) is 77.7 Å². The Labute approximate surface area is 264 Å². The number of imide groups is 1. The van der Waals surface area contributed by atoms with Crippen molar-refractivity contribution in [2.24, 2.45) is 0 Å². The number of carbonyl (C=O) groups excluding carboxylic acids is 3. The average molecular weight is 717 g/mol. The van der Waals surface area contributed by atoms with Gasteiger partial charge in [0.15, 0.2) is 11.5 Å². The molecule has 0 aromatic heterocycles. The van der Waals surface area contributed by atoms with Crippen LogP contribution < -0.4 is 14.8 Å². The predicted octanol–water partition coefficient (Wildman–Crippen LogP) is 7.89. The second-order valence-corrected chi connectivity index (χ2v) is 11.7. The summed E-state index contributed by atoms with van der Waals surface area (Å²) < 4.78 is 26.3. The number of amides is 3. The van der Waals surface area contributed by atoms with Crippen molar-refractivity contribution >= 4 is 85.5 Å². The first-order valence-electron chi connectivity index (χ1n) is 12.8. The Bertz CT molecular complexity index is 1740. The fraction of sp³-hybridized carbons (Fsp3) is 0.129. The molecule has 1 fully saturated rings. The first-order valence-corrected chi connectivity index (χ1v) is 15.1. The number of thioether (sulfide) groups is 1. The number of anilines is 1. The molecule has 0 saturated carbocycles. The average Bonchev–Trinajstić information content (AvgIpc) is 3.22. The van der Waals surface area contributed by atoms with Gasteiger partial charge in [-0.2, -0.15) is 0 Å². The van der Waals surface area contributed by atoms with Gasteiger partial charge in [-0.15, -0.1) is 0 Å². The molecule has 3 amide bonds. The van der Waals surface area contributed by atoms with Crippen LogP contribution in [0.1, 0.15) is 18.1 Å². The van der Waals surface area contributed by atoms with Gasteiger partial charge in [0.2, 0.25) is 5.91 Å². The molecule has 4 aromatic carbocycles. The van der Waals surface area contributed by atoms with Crippen LogP contribution in [0.4, 0.5) is 14.9 Å². The first-order chi connectivity index (χ1) is 20.2. The van der Waals surface area contributed by atoms with Gasteiger partial charge in [-0.3, -0.25) is 19.3 Å². The van der Waals surface area contributed by atoms with Gasteiger partial charge in [0.1, 0.15) is 19.0 Å². The van der Waals surface area contributed by atoms with Gasteiger partial charge >= 0.3 is 0 Å². The zero-order chi connectivity index (χ0) is 29.8. The van der Waals surface area contributed by atoms with Crippen LogP contribution in [-0.2, 0) is 16.2 Å². The van der Waals surface area contributed by atoms with Crippen LogP contribution in [0.2, 0.25) is 5.02 Å². The lowest BCUT2D eigenvalue weighted by Crippen LogP contribution is -2.36. The number of hydrogen-bond acceptors (Lipinski definition) is 6. The molecule has 7 nitrogen and oxygen atoms in total. The van der Waals surface area contributed by atoms with E-state index in [9.17, 15) is 18.8 Å². The summed E-state index contributed by atoms with van der Waals surface area (Å²) in [6.07, 6.45) is 1.59. The number of rotatable bonds is 9. The molecule has 0 spiro atoms. The third-order valence-electron chi connectivity index (χ3n) is 6.26. The van der Waals surface area contributed by atoms with Crippen LogP contribution in [0.3, 0.4) is 0 Å². The Hall–Kier alpha value is -3.61. The zero-order valence-corrected chi connectivity index (χ0v) is 25.9. The molecule has 214 valence electrons. The molecule has 1 aliphatic rings. The number of fused-ring (bicyclic) bond motifs is 1. The lowest BCUT2D eigenvalue weighted by molar-refractivity contribution is -0.127. The van der Waals surface area contributed by atoms with Crippen molar-refractivity contribution in [3.63, 3.8) is 0 Å². The molecule has 0 bridgehead atoms. The van der Waals surface area contributed by atoms with Crippen molar-refractivity contribution in [3.8, 4) is 11.5 Å². The highest BCUT2D eigenvalue weighted by Crippen LogP contribution is 2.38. The van der Waals surface area contributed by atoms with Crippen LogP contribution in [0.25, 0.3) is 16.8 Å². The second-order valence-electron chi connectivity index (χ2n) is 9.13. The Balaban J connectivity index is 1.32. The van der Waals surface area contributed by atoms with Gasteiger partial charge in [-0.05, 0) is 99.6 Å². The minimum Gasteiger partial charge on any atom is -0.490 e. The van der Waals surface area contributed by atoms with Crippen molar-refractivity contribution in [1.29, 1.82) is 0 Å². The van der Waals surface area contributed by atoms with E-state index in [1.165, 1.54) is 12.1 Å². The van der Waals surface area contributed by atoms with Crippen LogP contribution in [0, 0.1) is 9.39 Å². The number of nitrogens with one attached hydrogen (secondary N) is 1. The van der Waals surface area contributed by atoms with Gasteiger partial charge in [0.05, 0.1) is 20.1 Å². The van der Waals surface area contributed by atoms with Gasteiger partial charge in [-0.25, -0.2) is 4.39 Å². The molecule has 5 rings (SSSR count). The summed E-state index contributed by atoms with van der Waals surface area (Å²) in [6, 6.07) is 21.4. The van der Waals surface area contributed by atoms with E-state index in [4.69, 9.17) is 21.1 Å². The van der Waals surface area contributed by atoms with Crippen LogP contribution >= 0.6 is 46.0 Å². The summed E-state index contributed by atoms with van der Waals surface area (Å²) in [5, 5.41) is 4.01. The minimum atomic E-state index is -0.627. The van der Waals surface area contributed by atoms with E-state index in [2.05, 4.69) is 46.1 Å². The summed E-state index contributed by atoms with van der Waals surface area (Å²) in [5.74, 6) is -0.762. The van der Waals surface area contributed by atoms with Crippen LogP contribution in [-0.4, -0.2) is 35.1 Å². The molecule has 4 aromatic rings. The maximum Gasteiger partial charge on any atom is 0.294 e. The van der Waals surface area contributed by atoms with Crippen molar-refractivity contribution in [2.75, 3.05) is 18.5 Å². The highest BCUT2D eigenvalue weighted by Gasteiger charge is 2.36. The van der Waals surface area contributed by atoms with E-state index in [1.54, 1.807) is 12.1 Å². The maximum absolute atomic E-state index is 13.4. The number of halogens is 3. The Morgan fingerprint density at radius 3 is 2.64 bits per heavy atom. The number of nitrogens with zero attached hydrogens (tertiary/aromatic N) is 1. The molecule has 0 atom stereocenters. The summed E-state index contributed by atoms with van der Waals surface area (Å²) >= 11 is 8.65. The zero-order valence-electron chi connectivity index (χ0n) is 22.2. The summed E-state index contributed by atoms with van der Waals surface area (Å²) in [7, 11) is 0. The van der Waals surface area contributed by atoms with Crippen molar-refractivity contribution in [2.45, 2.75) is 13.5 Å². The Kier molecular flexibility index (Phi) is 9.34. The van der Waals surface area contributed by atoms with Gasteiger partial charge in [0.25, 0.3) is 11.1 Å². The van der Waals surface area contributed by atoms with Gasteiger partial charge < -0.3 is 14.8 Å². The van der Waals surface area contributed by atoms with Gasteiger partial charge in [0, 0.05) is 5.69 Å². The predicted molar refractivity (Wildman–Crippen MR) is 171 cm³/mol. The number of hydrogen-bond donors (Lipinski definition) is 1. The molecule has 0 unspecified atom stereocenters. The fourth-order valence-electron chi connectivity index (χ4n) is 4.35. The highest BCUT2D eigenvalue weighted by atomic mass is 127. The lowest BCUT2D eigenvalue weighted by atomic mass is 10.1. The Morgan fingerprint density at radius 1 is 1.07 bits per heavy atom. The van der Waals surface area contributed by atoms with E-state index in [0.29, 0.717) is 30.3 Å². The second kappa shape index (κ2) is 13.1. The molecule has 1 N–H and O–H groups in total. The largest absolute Gasteiger partial charge is 0.490 e. The maximum atomic E-state index is 13.4. The molecule has 0 aliphatic carbocycles. The standard InChI is InChI=1S/C31H23ClFIN2O5S/c1-2-40-26-13-18(12-25(34)29(26)41-17-20-8-5-7-19-6-3-4-9-22(19)20)14-27-30(38)36(31(39)42-27)16-28(37)35-21-10-11-24(33)23(32)15-21/h3-15H,2,16-17H2,1H3,(H,35,37)/b27-14+. The number of ether oxygens (including phenoxy) is 2. The van der Waals surface area contributed by atoms with Crippen molar-refractivity contribution in [1.82, 2.24) is 4.90 Å². The molecule has 42 heavy (non-hydrogen) atoms. The molecular weight excluding hydrogens is 694 g/mol. The fourth-order valence-corrected chi connectivity index (χ4v) is 6.15. The SMILES string of the molecule is CCOc1cc(/C=C2/SC(=O)N(CC(=O)Nc3ccc(F)c(Cl)c3)C2=O)cc(I)c1OCc1cccc2ccccc12. The van der Waals surface area contributed by atoms with E-state index in [1.807, 2.05) is 37.3 Å². The summed E-state index contributed by atoms with van der Waals surface area (Å²) in [4.78, 5) is 39.2. The first kappa shape index (κ1) is 29.9. The van der Waals surface area contributed by atoms with E-state index in [0.717, 1.165) is 42.6 Å². The molecule has 1 heterocycles. The topological polar surface area (TPSA) is 84.9 Å². The summed E-state index contributed by atoms with van der Waals surface area (Å²) in [5.41, 5.74) is 1.92. The Morgan fingerprint density at radius 2 is 1.86 bits per heavy atom. The smallest absolute Gasteiger partial charge is 0.294 e. The molecular formula is C31H23ClFIN2O5S. The monoisotopic (exact) mass is 716 g/mol. The third-order valence-corrected chi connectivity index (χ3v) is 8.26. The van der Waals surface area contributed by atoms with E-state index < -0.39 is 29.4 Å².